The van der Waals surface area contributed by atoms with Crippen LogP contribution in [0.5, 0.6) is 0 Å². The second-order valence-electron chi connectivity index (χ2n) is 4.99. The van der Waals surface area contributed by atoms with Crippen LogP contribution in [0.15, 0.2) is 24.4 Å². The summed E-state index contributed by atoms with van der Waals surface area (Å²) in [5.74, 6) is 0. The summed E-state index contributed by atoms with van der Waals surface area (Å²) in [6.07, 6.45) is 5.51. The minimum absolute atomic E-state index is 0.291. The fourth-order valence-electron chi connectivity index (χ4n) is 2.22. The first-order valence-corrected chi connectivity index (χ1v) is 7.20. The lowest BCUT2D eigenvalue weighted by atomic mass is 10.2. The average Bonchev–Trinajstić information content (AvgIpc) is 2.96. The molecule has 1 aromatic rings. The van der Waals surface area contributed by atoms with Gasteiger partial charge in [0.15, 0.2) is 0 Å². The van der Waals surface area contributed by atoms with Crippen LogP contribution in [-0.2, 0) is 9.47 Å². The van der Waals surface area contributed by atoms with E-state index in [2.05, 4.69) is 17.2 Å². The van der Waals surface area contributed by atoms with E-state index in [9.17, 15) is 0 Å². The smallest absolute Gasteiger partial charge is 0.0809 e. The lowest BCUT2D eigenvalue weighted by Crippen LogP contribution is -2.22. The van der Waals surface area contributed by atoms with Crippen LogP contribution < -0.4 is 5.32 Å². The van der Waals surface area contributed by atoms with Gasteiger partial charge in [-0.15, -0.1) is 0 Å². The minimum atomic E-state index is 0.291. The van der Waals surface area contributed by atoms with E-state index in [1.807, 2.05) is 24.4 Å². The van der Waals surface area contributed by atoms with Crippen molar-refractivity contribution in [3.05, 3.63) is 30.1 Å². The number of aromatic nitrogens is 1. The summed E-state index contributed by atoms with van der Waals surface area (Å²) in [4.78, 5) is 4.34. The molecule has 4 heteroatoms. The van der Waals surface area contributed by atoms with Gasteiger partial charge in [-0.3, -0.25) is 4.98 Å². The first-order chi connectivity index (χ1) is 9.36. The fraction of sp³-hybridized carbons (Fsp3) is 0.667. The third-order valence-corrected chi connectivity index (χ3v) is 3.38. The van der Waals surface area contributed by atoms with Crippen LogP contribution in [0.4, 0.5) is 0 Å². The largest absolute Gasteiger partial charge is 0.379 e. The monoisotopic (exact) mass is 264 g/mol. The van der Waals surface area contributed by atoms with Crippen molar-refractivity contribution in [2.45, 2.75) is 38.3 Å². The molecule has 2 atom stereocenters. The maximum absolute atomic E-state index is 5.62. The molecule has 4 nitrogen and oxygen atoms in total. The van der Waals surface area contributed by atoms with Crippen LogP contribution in [0.3, 0.4) is 0 Å². The number of hydrogen-bond donors (Lipinski definition) is 1. The maximum atomic E-state index is 5.62. The molecule has 0 aromatic carbocycles. The van der Waals surface area contributed by atoms with Gasteiger partial charge in [-0.25, -0.2) is 0 Å². The Morgan fingerprint density at radius 3 is 3.21 bits per heavy atom. The number of nitrogens with one attached hydrogen (secondary N) is 1. The summed E-state index contributed by atoms with van der Waals surface area (Å²) in [5, 5.41) is 3.45. The number of ether oxygens (including phenoxy) is 2. The van der Waals surface area contributed by atoms with Crippen molar-refractivity contribution in [1.29, 1.82) is 0 Å². The van der Waals surface area contributed by atoms with Gasteiger partial charge in [-0.05, 0) is 44.9 Å². The summed E-state index contributed by atoms with van der Waals surface area (Å²) >= 11 is 0. The van der Waals surface area contributed by atoms with Gasteiger partial charge >= 0.3 is 0 Å². The van der Waals surface area contributed by atoms with Gasteiger partial charge in [0, 0.05) is 25.5 Å². The molecule has 0 saturated carbocycles. The lowest BCUT2D eigenvalue weighted by molar-refractivity contribution is 0.0165. The van der Waals surface area contributed by atoms with Gasteiger partial charge in [0.25, 0.3) is 0 Å². The Hall–Kier alpha value is -0.970. The van der Waals surface area contributed by atoms with E-state index >= 15 is 0 Å². The van der Waals surface area contributed by atoms with Gasteiger partial charge in [0.1, 0.15) is 0 Å². The molecule has 0 bridgehead atoms. The molecule has 1 saturated heterocycles. The standard InChI is InChI=1S/C15H24N2O2/c1-13(15-7-2-3-8-17-15)16-9-5-10-18-12-14-6-4-11-19-14/h2-3,7-8,13-14,16H,4-6,9-12H2,1H3. The zero-order valence-electron chi connectivity index (χ0n) is 11.7. The predicted octanol–water partition coefficient (Wildman–Crippen LogP) is 2.32. The van der Waals surface area contributed by atoms with E-state index in [0.29, 0.717) is 12.1 Å². The Morgan fingerprint density at radius 2 is 2.47 bits per heavy atom. The molecule has 0 spiro atoms. The summed E-state index contributed by atoms with van der Waals surface area (Å²) in [5.41, 5.74) is 1.09. The Kier molecular flexibility index (Phi) is 6.27. The molecule has 106 valence electrons. The SMILES string of the molecule is CC(NCCCOCC1CCCO1)c1ccccn1. The van der Waals surface area contributed by atoms with Crippen LogP contribution in [0.1, 0.15) is 37.9 Å². The average molecular weight is 264 g/mol. The van der Waals surface area contributed by atoms with Crippen molar-refractivity contribution in [2.75, 3.05) is 26.4 Å². The van der Waals surface area contributed by atoms with Gasteiger partial charge in [0.2, 0.25) is 0 Å². The molecule has 1 aliphatic heterocycles. The predicted molar refractivity (Wildman–Crippen MR) is 75.1 cm³/mol. The second-order valence-corrected chi connectivity index (χ2v) is 4.99. The van der Waals surface area contributed by atoms with Crippen LogP contribution in [0.25, 0.3) is 0 Å². The van der Waals surface area contributed by atoms with Crippen LogP contribution in [-0.4, -0.2) is 37.5 Å². The molecule has 1 aromatic heterocycles. The highest BCUT2D eigenvalue weighted by Gasteiger charge is 2.14. The summed E-state index contributed by atoms with van der Waals surface area (Å²) in [7, 11) is 0. The van der Waals surface area contributed by atoms with E-state index in [1.54, 1.807) is 0 Å². The Balaban J connectivity index is 1.49. The topological polar surface area (TPSA) is 43.4 Å². The Labute approximate surface area is 115 Å². The molecule has 0 aliphatic carbocycles. The first kappa shape index (κ1) is 14.4. The molecule has 19 heavy (non-hydrogen) atoms. The number of nitrogens with zero attached hydrogens (tertiary/aromatic N) is 1. The van der Waals surface area contributed by atoms with E-state index in [1.165, 1.54) is 6.42 Å². The maximum Gasteiger partial charge on any atom is 0.0809 e. The van der Waals surface area contributed by atoms with E-state index < -0.39 is 0 Å². The van der Waals surface area contributed by atoms with E-state index in [-0.39, 0.29) is 0 Å². The molecule has 2 heterocycles. The van der Waals surface area contributed by atoms with Crippen LogP contribution >= 0.6 is 0 Å². The molecule has 1 aliphatic rings. The van der Waals surface area contributed by atoms with Crippen molar-refractivity contribution in [2.24, 2.45) is 0 Å². The van der Waals surface area contributed by atoms with Gasteiger partial charge in [-0.1, -0.05) is 6.07 Å². The summed E-state index contributed by atoms with van der Waals surface area (Å²) in [6, 6.07) is 6.30. The summed E-state index contributed by atoms with van der Waals surface area (Å²) < 4.78 is 11.1. The fourth-order valence-corrected chi connectivity index (χ4v) is 2.22. The highest BCUT2D eigenvalue weighted by molar-refractivity contribution is 5.07. The molecular weight excluding hydrogens is 240 g/mol. The number of pyridine rings is 1. The van der Waals surface area contributed by atoms with E-state index in [4.69, 9.17) is 9.47 Å². The lowest BCUT2D eigenvalue weighted by Gasteiger charge is -2.14. The molecule has 1 N–H and O–H groups in total. The Morgan fingerprint density at radius 1 is 1.53 bits per heavy atom. The number of rotatable bonds is 8. The van der Waals surface area contributed by atoms with Crippen molar-refractivity contribution < 1.29 is 9.47 Å². The number of hydrogen-bond acceptors (Lipinski definition) is 4. The van der Waals surface area contributed by atoms with Crippen molar-refractivity contribution in [3.8, 4) is 0 Å². The molecule has 2 rings (SSSR count). The highest BCUT2D eigenvalue weighted by atomic mass is 16.5. The second kappa shape index (κ2) is 8.25. The van der Waals surface area contributed by atoms with Gasteiger partial charge in [-0.2, -0.15) is 0 Å². The quantitative estimate of drug-likeness (QED) is 0.732. The van der Waals surface area contributed by atoms with Gasteiger partial charge < -0.3 is 14.8 Å². The molecule has 2 unspecified atom stereocenters. The molecule has 0 amide bonds. The van der Waals surface area contributed by atoms with Crippen molar-refractivity contribution in [3.63, 3.8) is 0 Å². The first-order valence-electron chi connectivity index (χ1n) is 7.20. The summed E-state index contributed by atoms with van der Waals surface area (Å²) in [6.45, 7) is 5.52. The van der Waals surface area contributed by atoms with Crippen molar-refractivity contribution in [1.82, 2.24) is 10.3 Å². The zero-order valence-corrected chi connectivity index (χ0v) is 11.7. The van der Waals surface area contributed by atoms with E-state index in [0.717, 1.165) is 44.9 Å². The third-order valence-electron chi connectivity index (χ3n) is 3.38. The normalized spacial score (nSPS) is 20.6. The Bertz CT molecular complexity index is 339. The molecular formula is C15H24N2O2. The van der Waals surface area contributed by atoms with Gasteiger partial charge in [0.05, 0.1) is 18.4 Å². The highest BCUT2D eigenvalue weighted by Crippen LogP contribution is 2.12. The van der Waals surface area contributed by atoms with Crippen molar-refractivity contribution >= 4 is 0 Å². The molecule has 1 fully saturated rings. The van der Waals surface area contributed by atoms with Crippen LogP contribution in [0, 0.1) is 0 Å². The molecule has 0 radical (unpaired) electrons. The zero-order chi connectivity index (χ0) is 13.3. The third kappa shape index (κ3) is 5.27. The minimum Gasteiger partial charge on any atom is -0.379 e. The van der Waals surface area contributed by atoms with Crippen LogP contribution in [0.2, 0.25) is 0 Å².